The van der Waals surface area contributed by atoms with Crippen LogP contribution in [0.3, 0.4) is 0 Å². The molecule has 0 saturated heterocycles. The van der Waals surface area contributed by atoms with E-state index in [0.717, 1.165) is 42.4 Å². The molecule has 1 fully saturated rings. The van der Waals surface area contributed by atoms with E-state index in [1.165, 1.54) is 0 Å². The molecule has 3 rings (SSSR count). The monoisotopic (exact) mass is 285 g/mol. The van der Waals surface area contributed by atoms with Crippen molar-refractivity contribution in [2.45, 2.75) is 52.1 Å². The molecule has 1 aromatic carbocycles. The third kappa shape index (κ3) is 2.27. The van der Waals surface area contributed by atoms with Gasteiger partial charge in [0.05, 0.1) is 17.6 Å². The Labute approximate surface area is 125 Å². The number of aryl methyl sites for hydroxylation is 1. The number of rotatable bonds is 4. The van der Waals surface area contributed by atoms with Gasteiger partial charge in [0.2, 0.25) is 0 Å². The van der Waals surface area contributed by atoms with Gasteiger partial charge in [0.25, 0.3) is 0 Å². The molecule has 0 bridgehead atoms. The molecule has 1 aromatic heterocycles. The van der Waals surface area contributed by atoms with Crippen LogP contribution in [0.1, 0.15) is 38.8 Å². The Morgan fingerprint density at radius 3 is 2.90 bits per heavy atom. The smallest absolute Gasteiger partial charge is 0.146 e. The number of aromatic nitrogens is 2. The molecule has 21 heavy (non-hydrogen) atoms. The number of fused-ring (bicyclic) bond motifs is 1. The minimum Gasteiger partial charge on any atom is -0.327 e. The largest absolute Gasteiger partial charge is 0.327 e. The van der Waals surface area contributed by atoms with Crippen LogP contribution in [0, 0.1) is 5.41 Å². The third-order valence-electron chi connectivity index (χ3n) is 5.03. The first-order valence-corrected chi connectivity index (χ1v) is 7.79. The van der Waals surface area contributed by atoms with E-state index in [-0.39, 0.29) is 17.2 Å². The lowest BCUT2D eigenvalue weighted by Gasteiger charge is -2.27. The maximum absolute atomic E-state index is 12.8. The second-order valence-corrected chi connectivity index (χ2v) is 6.30. The number of nitrogens with two attached hydrogens (primary N) is 1. The van der Waals surface area contributed by atoms with Crippen molar-refractivity contribution in [1.82, 2.24) is 9.78 Å². The molecule has 2 aromatic rings. The number of para-hydroxylation sites is 1. The predicted molar refractivity (Wildman–Crippen MR) is 84.1 cm³/mol. The minimum absolute atomic E-state index is 0.00970. The molecule has 2 atom stereocenters. The number of hydrogen-bond donors (Lipinski definition) is 1. The summed E-state index contributed by atoms with van der Waals surface area (Å²) in [5.74, 6) is 0.235. The standard InChI is InChI=1S/C17H23N3O/c1-3-20-14-8-5-4-7-12(14)13(19-20)11-16(21)17(2)10-6-9-15(17)18/h4-5,7-8,15H,3,6,9-11,18H2,1-2H3. The van der Waals surface area contributed by atoms with Crippen molar-refractivity contribution in [2.24, 2.45) is 11.1 Å². The lowest BCUT2D eigenvalue weighted by Crippen LogP contribution is -2.42. The zero-order chi connectivity index (χ0) is 15.0. The van der Waals surface area contributed by atoms with Gasteiger partial charge in [-0.05, 0) is 25.8 Å². The highest BCUT2D eigenvalue weighted by Crippen LogP contribution is 2.38. The number of ketones is 1. The fourth-order valence-electron chi connectivity index (χ4n) is 3.46. The fourth-order valence-corrected chi connectivity index (χ4v) is 3.46. The van der Waals surface area contributed by atoms with Crippen molar-refractivity contribution in [3.05, 3.63) is 30.0 Å². The average molecular weight is 285 g/mol. The number of hydrogen-bond acceptors (Lipinski definition) is 3. The van der Waals surface area contributed by atoms with E-state index < -0.39 is 0 Å². The van der Waals surface area contributed by atoms with Crippen LogP contribution >= 0.6 is 0 Å². The summed E-state index contributed by atoms with van der Waals surface area (Å²) in [6.45, 7) is 4.90. The summed E-state index contributed by atoms with van der Waals surface area (Å²) in [5.41, 5.74) is 7.77. The molecule has 0 aliphatic heterocycles. The summed E-state index contributed by atoms with van der Waals surface area (Å²) < 4.78 is 1.97. The Morgan fingerprint density at radius 1 is 1.48 bits per heavy atom. The van der Waals surface area contributed by atoms with Gasteiger partial charge >= 0.3 is 0 Å². The first-order chi connectivity index (χ1) is 10.1. The molecule has 1 aliphatic carbocycles. The maximum atomic E-state index is 12.8. The number of carbonyl (C=O) groups excluding carboxylic acids is 1. The Kier molecular flexibility index (Phi) is 3.57. The SMILES string of the molecule is CCn1nc(CC(=O)C2(C)CCCC2N)c2ccccc21. The zero-order valence-corrected chi connectivity index (χ0v) is 12.8. The number of nitrogens with zero attached hydrogens (tertiary/aromatic N) is 2. The molecule has 1 aliphatic rings. The summed E-state index contributed by atoms with van der Waals surface area (Å²) in [5, 5.41) is 5.72. The highest BCUT2D eigenvalue weighted by Gasteiger charge is 2.42. The van der Waals surface area contributed by atoms with Crippen LogP contribution in [0.4, 0.5) is 0 Å². The van der Waals surface area contributed by atoms with E-state index in [1.807, 2.05) is 29.8 Å². The van der Waals surface area contributed by atoms with Gasteiger partial charge in [0.15, 0.2) is 0 Å². The maximum Gasteiger partial charge on any atom is 0.146 e. The van der Waals surface area contributed by atoms with Crippen LogP contribution in [0.2, 0.25) is 0 Å². The lowest BCUT2D eigenvalue weighted by atomic mass is 9.79. The highest BCUT2D eigenvalue weighted by atomic mass is 16.1. The van der Waals surface area contributed by atoms with Crippen LogP contribution in [-0.4, -0.2) is 21.6 Å². The molecule has 1 heterocycles. The van der Waals surface area contributed by atoms with Crippen molar-refractivity contribution < 1.29 is 4.79 Å². The van der Waals surface area contributed by atoms with E-state index in [1.54, 1.807) is 0 Å². The van der Waals surface area contributed by atoms with Crippen molar-refractivity contribution in [3.63, 3.8) is 0 Å². The second kappa shape index (κ2) is 5.26. The molecular formula is C17H23N3O. The minimum atomic E-state index is -0.378. The lowest BCUT2D eigenvalue weighted by molar-refractivity contribution is -0.127. The first kappa shape index (κ1) is 14.3. The summed E-state index contributed by atoms with van der Waals surface area (Å²) >= 11 is 0. The summed E-state index contributed by atoms with van der Waals surface area (Å²) in [6.07, 6.45) is 3.29. The molecule has 0 spiro atoms. The van der Waals surface area contributed by atoms with Crippen LogP contribution in [0.15, 0.2) is 24.3 Å². The van der Waals surface area contributed by atoms with Crippen molar-refractivity contribution >= 4 is 16.7 Å². The van der Waals surface area contributed by atoms with Gasteiger partial charge in [-0.25, -0.2) is 0 Å². The molecule has 0 amide bonds. The van der Waals surface area contributed by atoms with Crippen LogP contribution in [0.25, 0.3) is 10.9 Å². The van der Waals surface area contributed by atoms with E-state index in [0.29, 0.717) is 6.42 Å². The topological polar surface area (TPSA) is 60.9 Å². The van der Waals surface area contributed by atoms with Gasteiger partial charge in [0.1, 0.15) is 5.78 Å². The van der Waals surface area contributed by atoms with Crippen LogP contribution in [-0.2, 0) is 17.8 Å². The predicted octanol–water partition coefficient (Wildman–Crippen LogP) is 2.69. The van der Waals surface area contributed by atoms with E-state index >= 15 is 0 Å². The van der Waals surface area contributed by atoms with Gasteiger partial charge in [-0.2, -0.15) is 5.10 Å². The number of Topliss-reactive ketones (excluding diaryl/α,β-unsaturated/α-hetero) is 1. The summed E-state index contributed by atoms with van der Waals surface area (Å²) in [4.78, 5) is 12.8. The molecule has 2 N–H and O–H groups in total. The van der Waals surface area contributed by atoms with Crippen LogP contribution in [0.5, 0.6) is 0 Å². The van der Waals surface area contributed by atoms with Gasteiger partial charge < -0.3 is 5.73 Å². The number of carbonyl (C=O) groups is 1. The van der Waals surface area contributed by atoms with E-state index in [2.05, 4.69) is 18.1 Å². The Bertz CT molecular complexity index is 676. The first-order valence-electron chi connectivity index (χ1n) is 7.79. The molecule has 2 unspecified atom stereocenters. The molecule has 0 radical (unpaired) electrons. The van der Waals surface area contributed by atoms with Crippen LogP contribution < -0.4 is 5.73 Å². The van der Waals surface area contributed by atoms with Crippen molar-refractivity contribution in [1.29, 1.82) is 0 Å². The molecule has 112 valence electrons. The quantitative estimate of drug-likeness (QED) is 0.939. The Morgan fingerprint density at radius 2 is 2.24 bits per heavy atom. The van der Waals surface area contributed by atoms with E-state index in [4.69, 9.17) is 5.73 Å². The Hall–Kier alpha value is -1.68. The zero-order valence-electron chi connectivity index (χ0n) is 12.8. The van der Waals surface area contributed by atoms with E-state index in [9.17, 15) is 4.79 Å². The fraction of sp³-hybridized carbons (Fsp3) is 0.529. The highest BCUT2D eigenvalue weighted by molar-refractivity contribution is 5.92. The molecule has 4 heteroatoms. The summed E-state index contributed by atoms with van der Waals surface area (Å²) in [7, 11) is 0. The molecular weight excluding hydrogens is 262 g/mol. The molecule has 1 saturated carbocycles. The van der Waals surface area contributed by atoms with Crippen molar-refractivity contribution in [3.8, 4) is 0 Å². The third-order valence-corrected chi connectivity index (χ3v) is 5.03. The Balaban J connectivity index is 1.93. The molecule has 4 nitrogen and oxygen atoms in total. The van der Waals surface area contributed by atoms with Crippen molar-refractivity contribution in [2.75, 3.05) is 0 Å². The number of benzene rings is 1. The van der Waals surface area contributed by atoms with Gasteiger partial charge in [-0.3, -0.25) is 9.48 Å². The van der Waals surface area contributed by atoms with Gasteiger partial charge in [-0.15, -0.1) is 0 Å². The summed E-state index contributed by atoms with van der Waals surface area (Å²) in [6, 6.07) is 8.11. The average Bonchev–Trinajstić information content (AvgIpc) is 3.01. The second-order valence-electron chi connectivity index (χ2n) is 6.30. The normalized spacial score (nSPS) is 25.6. The van der Waals surface area contributed by atoms with Gasteiger partial charge in [-0.1, -0.05) is 31.5 Å². The van der Waals surface area contributed by atoms with Gasteiger partial charge in [0, 0.05) is 23.4 Å².